The van der Waals surface area contributed by atoms with E-state index in [-0.39, 0.29) is 12.4 Å². The van der Waals surface area contributed by atoms with Crippen molar-refractivity contribution >= 4 is 5.97 Å². The van der Waals surface area contributed by atoms with Crippen LogP contribution in [-0.4, -0.2) is 75.9 Å². The van der Waals surface area contributed by atoms with Crippen LogP contribution in [0, 0.1) is 0 Å². The molecule has 0 aromatic heterocycles. The molecule has 7 nitrogen and oxygen atoms in total. The second kappa shape index (κ2) is 10.4. The van der Waals surface area contributed by atoms with Crippen molar-refractivity contribution in [2.45, 2.75) is 19.7 Å². The summed E-state index contributed by atoms with van der Waals surface area (Å²) in [5.41, 5.74) is 0. The molecule has 0 radical (unpaired) electrons. The molecule has 0 spiro atoms. The second-order valence-corrected chi connectivity index (χ2v) is 4.57. The summed E-state index contributed by atoms with van der Waals surface area (Å²) in [5, 5.41) is 0. The van der Waals surface area contributed by atoms with E-state index in [0.717, 1.165) is 0 Å². The van der Waals surface area contributed by atoms with Crippen LogP contribution in [0.5, 0.6) is 0 Å². The maximum atomic E-state index is 11.8. The first kappa shape index (κ1) is 17.7. The molecule has 0 N–H and O–H groups in total. The number of rotatable bonds is 11. The van der Waals surface area contributed by atoms with E-state index >= 15 is 0 Å². The van der Waals surface area contributed by atoms with Gasteiger partial charge in [-0.1, -0.05) is 0 Å². The molecule has 7 heteroatoms. The van der Waals surface area contributed by atoms with Crippen LogP contribution in [0.3, 0.4) is 0 Å². The fraction of sp³-hybridized carbons (Fsp3) is 0.786. The van der Waals surface area contributed by atoms with E-state index in [1.807, 2.05) is 36.2 Å². The lowest BCUT2D eigenvalue weighted by molar-refractivity contribution is -0.168. The summed E-state index contributed by atoms with van der Waals surface area (Å²) in [6, 6.07) is 0. The van der Waals surface area contributed by atoms with E-state index in [2.05, 4.69) is 0 Å². The van der Waals surface area contributed by atoms with Gasteiger partial charge in [0.2, 0.25) is 0 Å². The third-order valence-corrected chi connectivity index (χ3v) is 2.94. The van der Waals surface area contributed by atoms with Gasteiger partial charge in [-0.25, -0.2) is 0 Å². The molecule has 1 aliphatic rings. The lowest BCUT2D eigenvalue weighted by Crippen LogP contribution is -2.42. The van der Waals surface area contributed by atoms with Crippen LogP contribution in [0.1, 0.15) is 13.3 Å². The molecule has 1 atom stereocenters. The van der Waals surface area contributed by atoms with Crippen molar-refractivity contribution in [1.29, 1.82) is 0 Å². The largest absolute Gasteiger partial charge is 0.422 e. The lowest BCUT2D eigenvalue weighted by Gasteiger charge is -2.29. The molecule has 122 valence electrons. The number of carbonyl (C=O) groups excluding carboxylic acids is 1. The summed E-state index contributed by atoms with van der Waals surface area (Å²) in [5.74, 6) is -0.283. The Labute approximate surface area is 126 Å². The van der Waals surface area contributed by atoms with Crippen LogP contribution >= 0.6 is 0 Å². The summed E-state index contributed by atoms with van der Waals surface area (Å²) < 4.78 is 20.9. The number of ether oxygens (including phenoxy) is 4. The third kappa shape index (κ3) is 6.79. The van der Waals surface area contributed by atoms with Crippen molar-refractivity contribution in [2.75, 3.05) is 53.7 Å². The highest BCUT2D eigenvalue weighted by atomic mass is 16.6. The van der Waals surface area contributed by atoms with Crippen LogP contribution in [0.4, 0.5) is 0 Å². The minimum atomic E-state index is -0.406. The molecule has 0 aromatic rings. The Hall–Kier alpha value is -1.31. The molecule has 1 aliphatic heterocycles. The number of esters is 1. The maximum Gasteiger partial charge on any atom is 0.311 e. The Morgan fingerprint density at radius 3 is 2.67 bits per heavy atom. The Morgan fingerprint density at radius 2 is 1.95 bits per heavy atom. The Balaban J connectivity index is 2.25. The summed E-state index contributed by atoms with van der Waals surface area (Å²) in [6.07, 6.45) is 3.59. The Bertz CT molecular complexity index is 324. The number of nitrogens with zero attached hydrogens (tertiary/aromatic N) is 2. The normalized spacial score (nSPS) is 17.6. The van der Waals surface area contributed by atoms with E-state index in [0.29, 0.717) is 39.6 Å². The molecule has 1 unspecified atom stereocenters. The summed E-state index contributed by atoms with van der Waals surface area (Å²) in [4.78, 5) is 15.6. The van der Waals surface area contributed by atoms with Gasteiger partial charge in [-0.2, -0.15) is 0 Å². The summed E-state index contributed by atoms with van der Waals surface area (Å²) >= 11 is 0. The minimum Gasteiger partial charge on any atom is -0.422 e. The van der Waals surface area contributed by atoms with Crippen molar-refractivity contribution in [3.63, 3.8) is 0 Å². The SMILES string of the molecule is CCOCCN1C=CN(C)C1OC(=O)CCOCCOC. The topological polar surface area (TPSA) is 60.5 Å². The van der Waals surface area contributed by atoms with Gasteiger partial charge in [0.05, 0.1) is 32.8 Å². The number of carbonyl (C=O) groups is 1. The van der Waals surface area contributed by atoms with Gasteiger partial charge in [0.1, 0.15) is 0 Å². The highest BCUT2D eigenvalue weighted by molar-refractivity contribution is 5.69. The molecular weight excluding hydrogens is 276 g/mol. The van der Waals surface area contributed by atoms with Crippen LogP contribution in [-0.2, 0) is 23.7 Å². The van der Waals surface area contributed by atoms with Gasteiger partial charge in [-0.15, -0.1) is 0 Å². The van der Waals surface area contributed by atoms with Crippen molar-refractivity contribution in [2.24, 2.45) is 0 Å². The van der Waals surface area contributed by atoms with Gasteiger partial charge >= 0.3 is 5.97 Å². The quantitative estimate of drug-likeness (QED) is 0.409. The van der Waals surface area contributed by atoms with Crippen LogP contribution in [0.15, 0.2) is 12.4 Å². The van der Waals surface area contributed by atoms with Crippen LogP contribution < -0.4 is 0 Å². The second-order valence-electron chi connectivity index (χ2n) is 4.57. The van der Waals surface area contributed by atoms with E-state index in [9.17, 15) is 4.79 Å². The smallest absolute Gasteiger partial charge is 0.311 e. The van der Waals surface area contributed by atoms with Crippen LogP contribution in [0.25, 0.3) is 0 Å². The average Bonchev–Trinajstić information content (AvgIpc) is 2.80. The van der Waals surface area contributed by atoms with Gasteiger partial charge in [0.15, 0.2) is 0 Å². The zero-order valence-electron chi connectivity index (χ0n) is 13.1. The van der Waals surface area contributed by atoms with E-state index in [1.54, 1.807) is 7.11 Å². The average molecular weight is 302 g/mol. The maximum absolute atomic E-state index is 11.8. The molecule has 21 heavy (non-hydrogen) atoms. The van der Waals surface area contributed by atoms with E-state index in [4.69, 9.17) is 18.9 Å². The molecule has 0 amide bonds. The zero-order chi connectivity index (χ0) is 15.5. The van der Waals surface area contributed by atoms with Crippen molar-refractivity contribution < 1.29 is 23.7 Å². The standard InChI is InChI=1S/C14H26N2O5/c1-4-19-10-8-16-7-6-15(2)14(16)21-13(17)5-9-20-12-11-18-3/h6-7,14H,4-5,8-12H2,1-3H3. The molecular formula is C14H26N2O5. The highest BCUT2D eigenvalue weighted by Crippen LogP contribution is 2.15. The molecule has 1 rings (SSSR count). The number of hydrogen-bond acceptors (Lipinski definition) is 7. The molecule has 0 aliphatic carbocycles. The van der Waals surface area contributed by atoms with Gasteiger partial charge in [0, 0.05) is 39.7 Å². The van der Waals surface area contributed by atoms with Gasteiger partial charge in [-0.3, -0.25) is 4.79 Å². The zero-order valence-corrected chi connectivity index (χ0v) is 13.1. The monoisotopic (exact) mass is 302 g/mol. The predicted molar refractivity (Wildman–Crippen MR) is 77.3 cm³/mol. The third-order valence-electron chi connectivity index (χ3n) is 2.94. The first-order valence-corrected chi connectivity index (χ1v) is 7.19. The van der Waals surface area contributed by atoms with E-state index in [1.165, 1.54) is 0 Å². The molecule has 0 fully saturated rings. The van der Waals surface area contributed by atoms with Gasteiger partial charge < -0.3 is 28.7 Å². The molecule has 0 aromatic carbocycles. The lowest BCUT2D eigenvalue weighted by atomic mass is 10.4. The number of methoxy groups -OCH3 is 1. The molecule has 0 saturated heterocycles. The van der Waals surface area contributed by atoms with Crippen molar-refractivity contribution in [3.8, 4) is 0 Å². The summed E-state index contributed by atoms with van der Waals surface area (Å²) in [6.45, 7) is 5.25. The molecule has 0 saturated carbocycles. The fourth-order valence-corrected chi connectivity index (χ4v) is 1.80. The molecule has 1 heterocycles. The minimum absolute atomic E-state index is 0.230. The van der Waals surface area contributed by atoms with Crippen molar-refractivity contribution in [3.05, 3.63) is 12.4 Å². The van der Waals surface area contributed by atoms with Gasteiger partial charge in [0.25, 0.3) is 6.35 Å². The van der Waals surface area contributed by atoms with E-state index < -0.39 is 6.35 Å². The van der Waals surface area contributed by atoms with Crippen molar-refractivity contribution in [1.82, 2.24) is 9.80 Å². The first-order chi connectivity index (χ1) is 10.2. The van der Waals surface area contributed by atoms with Crippen LogP contribution in [0.2, 0.25) is 0 Å². The fourth-order valence-electron chi connectivity index (χ4n) is 1.80. The molecule has 0 bridgehead atoms. The Kier molecular flexibility index (Phi) is 8.80. The highest BCUT2D eigenvalue weighted by Gasteiger charge is 2.26. The number of hydrogen-bond donors (Lipinski definition) is 0. The predicted octanol–water partition coefficient (Wildman–Crippen LogP) is 0.621. The summed E-state index contributed by atoms with van der Waals surface area (Å²) in [7, 11) is 3.47. The Morgan fingerprint density at radius 1 is 1.14 bits per heavy atom. The van der Waals surface area contributed by atoms with Gasteiger partial charge in [-0.05, 0) is 6.92 Å². The first-order valence-electron chi connectivity index (χ1n) is 7.19.